The lowest BCUT2D eigenvalue weighted by atomic mass is 10.1. The Hall–Kier alpha value is -2.09. The van der Waals surface area contributed by atoms with Crippen molar-refractivity contribution in [3.05, 3.63) is 52.5 Å². The average molecular weight is 383 g/mol. The monoisotopic (exact) mass is 382 g/mol. The van der Waals surface area contributed by atoms with E-state index in [1.807, 2.05) is 6.92 Å². The highest BCUT2D eigenvalue weighted by molar-refractivity contribution is 7.89. The zero-order chi connectivity index (χ0) is 18.6. The standard InChI is InChI=1S/C17H19ClN2O4S/c1-11-9-15(16(24-2)10-14(11)18)20-17(21)8-5-12-3-6-13(7-4-12)25(19,22)23/h3-4,6-7,9-10H,5,8H2,1-2H3,(H,20,21)(H2,19,22,23). The molecule has 0 bridgehead atoms. The summed E-state index contributed by atoms with van der Waals surface area (Å²) < 4.78 is 27.7. The van der Waals surface area contributed by atoms with Crippen LogP contribution in [0.1, 0.15) is 17.5 Å². The summed E-state index contributed by atoms with van der Waals surface area (Å²) in [5, 5.41) is 8.41. The van der Waals surface area contributed by atoms with Gasteiger partial charge >= 0.3 is 0 Å². The molecule has 0 radical (unpaired) electrons. The minimum absolute atomic E-state index is 0.0436. The molecule has 0 aliphatic heterocycles. The molecule has 1 amide bonds. The number of benzene rings is 2. The quantitative estimate of drug-likeness (QED) is 0.802. The Morgan fingerprint density at radius 3 is 2.44 bits per heavy atom. The van der Waals surface area contributed by atoms with Crippen molar-refractivity contribution in [1.29, 1.82) is 0 Å². The van der Waals surface area contributed by atoms with Gasteiger partial charge in [0.05, 0.1) is 17.7 Å². The molecule has 2 aromatic rings. The van der Waals surface area contributed by atoms with Crippen LogP contribution in [0.4, 0.5) is 5.69 Å². The third-order valence-corrected chi connectivity index (χ3v) is 4.98. The van der Waals surface area contributed by atoms with Crippen LogP contribution < -0.4 is 15.2 Å². The number of ether oxygens (including phenoxy) is 1. The highest BCUT2D eigenvalue weighted by atomic mass is 35.5. The summed E-state index contributed by atoms with van der Waals surface area (Å²) in [6.45, 7) is 1.84. The number of carbonyl (C=O) groups is 1. The van der Waals surface area contributed by atoms with E-state index < -0.39 is 10.0 Å². The number of aryl methyl sites for hydroxylation is 2. The summed E-state index contributed by atoms with van der Waals surface area (Å²) in [5.74, 6) is 0.303. The van der Waals surface area contributed by atoms with Gasteiger partial charge in [-0.25, -0.2) is 13.6 Å². The summed E-state index contributed by atoms with van der Waals surface area (Å²) in [6.07, 6.45) is 0.700. The Morgan fingerprint density at radius 2 is 1.88 bits per heavy atom. The topological polar surface area (TPSA) is 98.5 Å². The lowest BCUT2D eigenvalue weighted by molar-refractivity contribution is -0.116. The average Bonchev–Trinajstić information content (AvgIpc) is 2.55. The van der Waals surface area contributed by atoms with Crippen molar-refractivity contribution in [3.8, 4) is 5.75 Å². The van der Waals surface area contributed by atoms with E-state index in [1.165, 1.54) is 19.2 Å². The van der Waals surface area contributed by atoms with Gasteiger partial charge in [0.2, 0.25) is 15.9 Å². The molecule has 0 spiro atoms. The maximum atomic E-state index is 12.2. The van der Waals surface area contributed by atoms with Gasteiger partial charge in [-0.2, -0.15) is 0 Å². The van der Waals surface area contributed by atoms with Gasteiger partial charge < -0.3 is 10.1 Å². The second-order valence-electron chi connectivity index (χ2n) is 5.54. The molecule has 134 valence electrons. The number of anilines is 1. The maximum absolute atomic E-state index is 12.2. The van der Waals surface area contributed by atoms with E-state index in [9.17, 15) is 13.2 Å². The first-order valence-corrected chi connectivity index (χ1v) is 9.39. The van der Waals surface area contributed by atoms with Gasteiger partial charge in [-0.1, -0.05) is 23.7 Å². The molecule has 25 heavy (non-hydrogen) atoms. The Kier molecular flexibility index (Phi) is 6.05. The van der Waals surface area contributed by atoms with Crippen LogP contribution in [-0.4, -0.2) is 21.4 Å². The molecule has 0 saturated carbocycles. The molecule has 3 N–H and O–H groups in total. The van der Waals surface area contributed by atoms with Crippen molar-refractivity contribution in [1.82, 2.24) is 0 Å². The fourth-order valence-corrected chi connectivity index (χ4v) is 2.92. The smallest absolute Gasteiger partial charge is 0.238 e. The molecular formula is C17H19ClN2O4S. The predicted molar refractivity (Wildman–Crippen MR) is 97.5 cm³/mol. The van der Waals surface area contributed by atoms with Crippen LogP contribution in [0.25, 0.3) is 0 Å². The molecule has 0 saturated heterocycles. The molecule has 0 aliphatic rings. The molecule has 6 nitrogen and oxygen atoms in total. The largest absolute Gasteiger partial charge is 0.495 e. The lowest BCUT2D eigenvalue weighted by Gasteiger charge is -2.12. The number of carbonyl (C=O) groups excluding carboxylic acids is 1. The number of rotatable bonds is 6. The van der Waals surface area contributed by atoms with Crippen molar-refractivity contribution < 1.29 is 17.9 Å². The molecule has 0 atom stereocenters. The van der Waals surface area contributed by atoms with Crippen LogP contribution in [0.2, 0.25) is 5.02 Å². The van der Waals surface area contributed by atoms with E-state index in [-0.39, 0.29) is 17.2 Å². The molecule has 0 heterocycles. The van der Waals surface area contributed by atoms with Crippen molar-refractivity contribution in [2.45, 2.75) is 24.7 Å². The van der Waals surface area contributed by atoms with Crippen LogP contribution in [0.15, 0.2) is 41.3 Å². The number of halogens is 1. The summed E-state index contributed by atoms with van der Waals surface area (Å²) in [7, 11) is -2.21. The van der Waals surface area contributed by atoms with E-state index in [1.54, 1.807) is 24.3 Å². The summed E-state index contributed by atoms with van der Waals surface area (Å²) in [6, 6.07) is 9.53. The third kappa shape index (κ3) is 5.19. The van der Waals surface area contributed by atoms with Crippen molar-refractivity contribution in [2.24, 2.45) is 5.14 Å². The minimum atomic E-state index is -3.71. The fourth-order valence-electron chi connectivity index (χ4n) is 2.25. The van der Waals surface area contributed by atoms with Gasteiger partial charge in [0.1, 0.15) is 5.75 Å². The first-order valence-electron chi connectivity index (χ1n) is 7.46. The molecule has 2 rings (SSSR count). The fraction of sp³-hybridized carbons (Fsp3) is 0.235. The van der Waals surface area contributed by atoms with Gasteiger partial charge in [0.15, 0.2) is 0 Å². The summed E-state index contributed by atoms with van der Waals surface area (Å²) >= 11 is 6.04. The van der Waals surface area contributed by atoms with Crippen molar-refractivity contribution in [3.63, 3.8) is 0 Å². The molecule has 0 fully saturated rings. The van der Waals surface area contributed by atoms with E-state index in [0.717, 1.165) is 11.1 Å². The van der Waals surface area contributed by atoms with Crippen molar-refractivity contribution in [2.75, 3.05) is 12.4 Å². The minimum Gasteiger partial charge on any atom is -0.495 e. The zero-order valence-corrected chi connectivity index (χ0v) is 15.4. The molecule has 8 heteroatoms. The first-order chi connectivity index (χ1) is 11.7. The Balaban J connectivity index is 2.01. The van der Waals surface area contributed by atoms with E-state index in [0.29, 0.717) is 22.9 Å². The van der Waals surface area contributed by atoms with Crippen LogP contribution in [0, 0.1) is 6.92 Å². The van der Waals surface area contributed by atoms with Gasteiger partial charge in [-0.05, 0) is 42.7 Å². The summed E-state index contributed by atoms with van der Waals surface area (Å²) in [5.41, 5.74) is 2.22. The van der Waals surface area contributed by atoms with E-state index >= 15 is 0 Å². The number of methoxy groups -OCH3 is 1. The zero-order valence-electron chi connectivity index (χ0n) is 13.9. The Bertz CT molecular complexity index is 880. The molecule has 0 aromatic heterocycles. The van der Waals surface area contributed by atoms with Crippen LogP contribution in [0.5, 0.6) is 5.75 Å². The molecule has 2 aromatic carbocycles. The number of sulfonamides is 1. The van der Waals surface area contributed by atoms with Crippen LogP contribution in [0.3, 0.4) is 0 Å². The summed E-state index contributed by atoms with van der Waals surface area (Å²) in [4.78, 5) is 12.2. The maximum Gasteiger partial charge on any atom is 0.238 e. The number of hydrogen-bond donors (Lipinski definition) is 2. The number of nitrogens with one attached hydrogen (secondary N) is 1. The number of nitrogens with two attached hydrogens (primary N) is 1. The molecule has 0 unspecified atom stereocenters. The number of primary sulfonamides is 1. The van der Waals surface area contributed by atoms with Gasteiger partial charge in [-0.3, -0.25) is 4.79 Å². The van der Waals surface area contributed by atoms with Gasteiger partial charge in [-0.15, -0.1) is 0 Å². The third-order valence-electron chi connectivity index (χ3n) is 3.65. The molecular weight excluding hydrogens is 364 g/mol. The normalized spacial score (nSPS) is 11.2. The molecule has 0 aliphatic carbocycles. The second-order valence-corrected chi connectivity index (χ2v) is 7.51. The number of amides is 1. The van der Waals surface area contributed by atoms with Crippen LogP contribution in [-0.2, 0) is 21.2 Å². The highest BCUT2D eigenvalue weighted by Crippen LogP contribution is 2.31. The van der Waals surface area contributed by atoms with E-state index in [2.05, 4.69) is 5.32 Å². The SMILES string of the molecule is COc1cc(Cl)c(C)cc1NC(=O)CCc1ccc(S(N)(=O)=O)cc1. The van der Waals surface area contributed by atoms with E-state index in [4.69, 9.17) is 21.5 Å². The van der Waals surface area contributed by atoms with Crippen LogP contribution >= 0.6 is 11.6 Å². The van der Waals surface area contributed by atoms with Crippen molar-refractivity contribution >= 4 is 33.2 Å². The predicted octanol–water partition coefficient (Wildman–Crippen LogP) is 2.88. The first kappa shape index (κ1) is 19.2. The lowest BCUT2D eigenvalue weighted by Crippen LogP contribution is -2.14. The van der Waals surface area contributed by atoms with Gasteiger partial charge in [0, 0.05) is 17.5 Å². The second kappa shape index (κ2) is 7.86. The Labute approximate surface area is 152 Å². The Morgan fingerprint density at radius 1 is 1.24 bits per heavy atom. The highest BCUT2D eigenvalue weighted by Gasteiger charge is 2.11. The van der Waals surface area contributed by atoms with Gasteiger partial charge in [0.25, 0.3) is 0 Å². The number of hydrogen-bond acceptors (Lipinski definition) is 4.